The minimum atomic E-state index is -1.44. The minimum Gasteiger partial charge on any atom is -0.477 e. The molecular weight excluding hydrogens is 400 g/mol. The maximum atomic E-state index is 13.2. The molecule has 2 aromatic carbocycles. The fourth-order valence-electron chi connectivity index (χ4n) is 3.47. The smallest absolute Gasteiger partial charge is 0.343 e. The van der Waals surface area contributed by atoms with Gasteiger partial charge in [-0.3, -0.25) is 19.0 Å². The van der Waals surface area contributed by atoms with Gasteiger partial charge in [-0.15, -0.1) is 0 Å². The van der Waals surface area contributed by atoms with E-state index in [4.69, 9.17) is 4.74 Å². The van der Waals surface area contributed by atoms with E-state index in [-0.39, 0.29) is 31.2 Å². The van der Waals surface area contributed by atoms with Gasteiger partial charge in [-0.2, -0.15) is 0 Å². The van der Waals surface area contributed by atoms with Crippen LogP contribution in [0.2, 0.25) is 0 Å². The number of carbonyl (C=O) groups is 3. The molecule has 3 aromatic rings. The van der Waals surface area contributed by atoms with E-state index in [0.29, 0.717) is 16.5 Å². The van der Waals surface area contributed by atoms with Crippen molar-refractivity contribution in [1.82, 2.24) is 4.57 Å². The highest BCUT2D eigenvalue weighted by molar-refractivity contribution is 6.06. The summed E-state index contributed by atoms with van der Waals surface area (Å²) in [7, 11) is 1.52. The number of carboxylic acid groups (broad SMARTS) is 1. The van der Waals surface area contributed by atoms with Gasteiger partial charge in [0.2, 0.25) is 0 Å². The molecule has 3 rings (SSSR count). The number of aromatic carboxylic acids is 1. The largest absolute Gasteiger partial charge is 0.477 e. The molecule has 0 aliphatic carbocycles. The number of hydrogen-bond acceptors (Lipinski definition) is 6. The summed E-state index contributed by atoms with van der Waals surface area (Å²) in [6.07, 6.45) is 0. The van der Waals surface area contributed by atoms with Crippen molar-refractivity contribution in [3.05, 3.63) is 76.1 Å². The first kappa shape index (κ1) is 21.8. The molecule has 0 spiro atoms. The van der Waals surface area contributed by atoms with Crippen LogP contribution in [0.1, 0.15) is 27.6 Å². The fraction of sp³-hybridized carbons (Fsp3) is 0.217. The zero-order chi connectivity index (χ0) is 22.5. The second kappa shape index (κ2) is 9.25. The minimum absolute atomic E-state index is 0.101. The molecule has 0 bridgehead atoms. The van der Waals surface area contributed by atoms with Crippen LogP contribution in [-0.4, -0.2) is 47.6 Å². The lowest BCUT2D eigenvalue weighted by molar-refractivity contribution is -0.141. The molecule has 8 nitrogen and oxygen atoms in total. The van der Waals surface area contributed by atoms with Gasteiger partial charge in [0.05, 0.1) is 24.4 Å². The zero-order valence-corrected chi connectivity index (χ0v) is 17.2. The average molecular weight is 422 g/mol. The van der Waals surface area contributed by atoms with Crippen LogP contribution < -0.4 is 10.5 Å². The van der Waals surface area contributed by atoms with Crippen LogP contribution in [0.5, 0.6) is 0 Å². The van der Waals surface area contributed by atoms with E-state index in [2.05, 4.69) is 0 Å². The van der Waals surface area contributed by atoms with Crippen molar-refractivity contribution in [3.8, 4) is 0 Å². The molecule has 0 unspecified atom stereocenters. The molecule has 0 saturated heterocycles. The molecular formula is C23H22N2O6. The van der Waals surface area contributed by atoms with Crippen molar-refractivity contribution in [2.24, 2.45) is 0 Å². The number of esters is 1. The monoisotopic (exact) mass is 422 g/mol. The van der Waals surface area contributed by atoms with E-state index >= 15 is 0 Å². The molecule has 0 saturated carbocycles. The number of nitrogens with zero attached hydrogens (tertiary/aromatic N) is 2. The standard InChI is InChI=1S/C23H22N2O6/c1-3-31-19(27)14-24(2)21-16-11-7-8-12-17(16)25(22(28)20(21)23(29)30)13-18(26)15-9-5-4-6-10-15/h4-12H,3,13-14H2,1-2H3,(H,29,30). The molecule has 31 heavy (non-hydrogen) atoms. The van der Waals surface area contributed by atoms with E-state index in [1.807, 2.05) is 0 Å². The number of carboxylic acids is 1. The first-order valence-corrected chi connectivity index (χ1v) is 9.69. The Hall–Kier alpha value is -3.94. The Labute approximate surface area is 178 Å². The van der Waals surface area contributed by atoms with Crippen LogP contribution >= 0.6 is 0 Å². The lowest BCUT2D eigenvalue weighted by Gasteiger charge is -2.23. The molecule has 0 aliphatic heterocycles. The molecule has 1 N–H and O–H groups in total. The number of ether oxygens (including phenoxy) is 1. The van der Waals surface area contributed by atoms with E-state index in [1.54, 1.807) is 61.5 Å². The maximum Gasteiger partial charge on any atom is 0.343 e. The van der Waals surface area contributed by atoms with E-state index < -0.39 is 23.1 Å². The van der Waals surface area contributed by atoms with Gasteiger partial charge >= 0.3 is 11.9 Å². The number of pyridine rings is 1. The molecule has 1 heterocycles. The van der Waals surface area contributed by atoms with Crippen LogP contribution in [0.4, 0.5) is 5.69 Å². The molecule has 0 fully saturated rings. The third-order valence-corrected chi connectivity index (χ3v) is 4.81. The summed E-state index contributed by atoms with van der Waals surface area (Å²) in [5.74, 6) is -2.31. The van der Waals surface area contributed by atoms with Gasteiger partial charge in [0.1, 0.15) is 12.1 Å². The maximum absolute atomic E-state index is 13.2. The first-order valence-electron chi connectivity index (χ1n) is 9.69. The lowest BCUT2D eigenvalue weighted by atomic mass is 10.1. The Morgan fingerprint density at radius 3 is 2.32 bits per heavy atom. The van der Waals surface area contributed by atoms with Crippen molar-refractivity contribution in [2.75, 3.05) is 25.1 Å². The molecule has 0 amide bonds. The van der Waals surface area contributed by atoms with Crippen molar-refractivity contribution in [3.63, 3.8) is 0 Å². The number of likely N-dealkylation sites (N-methyl/N-ethyl adjacent to an activating group) is 1. The van der Waals surface area contributed by atoms with Crippen LogP contribution in [-0.2, 0) is 16.1 Å². The molecule has 160 valence electrons. The van der Waals surface area contributed by atoms with Crippen LogP contribution in [0, 0.1) is 0 Å². The predicted molar refractivity (Wildman–Crippen MR) is 116 cm³/mol. The number of fused-ring (bicyclic) bond motifs is 1. The predicted octanol–water partition coefficient (Wildman–Crippen LogP) is 2.58. The fourth-order valence-corrected chi connectivity index (χ4v) is 3.47. The summed E-state index contributed by atoms with van der Waals surface area (Å²) in [5.41, 5.74) is -0.413. The molecule has 0 aliphatic rings. The van der Waals surface area contributed by atoms with Gasteiger partial charge in [0.25, 0.3) is 5.56 Å². The van der Waals surface area contributed by atoms with Crippen LogP contribution in [0.25, 0.3) is 10.9 Å². The summed E-state index contributed by atoms with van der Waals surface area (Å²) in [5, 5.41) is 10.3. The zero-order valence-electron chi connectivity index (χ0n) is 17.2. The van der Waals surface area contributed by atoms with Crippen molar-refractivity contribution < 1.29 is 24.2 Å². The average Bonchev–Trinajstić information content (AvgIpc) is 2.75. The molecule has 8 heteroatoms. The quantitative estimate of drug-likeness (QED) is 0.439. The number of hydrogen-bond donors (Lipinski definition) is 1. The van der Waals surface area contributed by atoms with E-state index in [0.717, 1.165) is 4.57 Å². The van der Waals surface area contributed by atoms with Crippen molar-refractivity contribution >= 4 is 34.3 Å². The third-order valence-electron chi connectivity index (χ3n) is 4.81. The van der Waals surface area contributed by atoms with Crippen molar-refractivity contribution in [1.29, 1.82) is 0 Å². The van der Waals surface area contributed by atoms with Crippen molar-refractivity contribution in [2.45, 2.75) is 13.5 Å². The Kier molecular flexibility index (Phi) is 6.49. The highest BCUT2D eigenvalue weighted by atomic mass is 16.5. The number of aromatic nitrogens is 1. The van der Waals surface area contributed by atoms with Gasteiger partial charge in [0, 0.05) is 18.0 Å². The van der Waals surface area contributed by atoms with Gasteiger partial charge in [0.15, 0.2) is 5.78 Å². The van der Waals surface area contributed by atoms with Gasteiger partial charge < -0.3 is 14.7 Å². The first-order chi connectivity index (χ1) is 14.8. The number of Topliss-reactive ketones (excluding diaryl/α,β-unsaturated/α-hetero) is 1. The third kappa shape index (κ3) is 4.48. The van der Waals surface area contributed by atoms with E-state index in [1.165, 1.54) is 11.9 Å². The lowest BCUT2D eigenvalue weighted by Crippen LogP contribution is -2.35. The number of carbonyl (C=O) groups excluding carboxylic acids is 2. The normalized spacial score (nSPS) is 10.6. The summed E-state index contributed by atoms with van der Waals surface area (Å²) in [4.78, 5) is 51.4. The number of benzene rings is 2. The SMILES string of the molecule is CCOC(=O)CN(C)c1c(C(=O)O)c(=O)n(CC(=O)c2ccccc2)c2ccccc12. The Balaban J connectivity index is 2.19. The topological polar surface area (TPSA) is 106 Å². The highest BCUT2D eigenvalue weighted by Crippen LogP contribution is 2.28. The Morgan fingerprint density at radius 2 is 1.68 bits per heavy atom. The molecule has 1 aromatic heterocycles. The van der Waals surface area contributed by atoms with E-state index in [9.17, 15) is 24.3 Å². The molecule has 0 radical (unpaired) electrons. The summed E-state index contributed by atoms with van der Waals surface area (Å²) in [6, 6.07) is 15.2. The van der Waals surface area contributed by atoms with Crippen LogP contribution in [0.3, 0.4) is 0 Å². The second-order valence-corrected chi connectivity index (χ2v) is 6.89. The number of ketones is 1. The summed E-state index contributed by atoms with van der Waals surface area (Å²) >= 11 is 0. The van der Waals surface area contributed by atoms with Gasteiger partial charge in [-0.05, 0) is 13.0 Å². The Bertz CT molecular complexity index is 1200. The Morgan fingerprint density at radius 1 is 1.03 bits per heavy atom. The summed E-state index contributed by atoms with van der Waals surface area (Å²) < 4.78 is 6.11. The number of rotatable bonds is 8. The highest BCUT2D eigenvalue weighted by Gasteiger charge is 2.26. The number of anilines is 1. The van der Waals surface area contributed by atoms with Gasteiger partial charge in [-0.25, -0.2) is 4.79 Å². The number of para-hydroxylation sites is 1. The van der Waals surface area contributed by atoms with Crippen LogP contribution in [0.15, 0.2) is 59.4 Å². The summed E-state index contributed by atoms with van der Waals surface area (Å²) in [6.45, 7) is 1.30. The second-order valence-electron chi connectivity index (χ2n) is 6.89. The van der Waals surface area contributed by atoms with Gasteiger partial charge in [-0.1, -0.05) is 48.5 Å². The molecule has 0 atom stereocenters.